The molecule has 0 aliphatic heterocycles. The molecule has 0 amide bonds. The second-order valence-corrected chi connectivity index (χ2v) is 10.8. The van der Waals surface area contributed by atoms with Crippen LogP contribution in [0.15, 0.2) is 16.7 Å². The summed E-state index contributed by atoms with van der Waals surface area (Å²) >= 11 is 1.67. The van der Waals surface area contributed by atoms with Gasteiger partial charge in [-0.1, -0.05) is 0 Å². The lowest BCUT2D eigenvalue weighted by Crippen LogP contribution is -2.52. The molecule has 0 aromatic carbocycles. The maximum atomic E-state index is 14.4. The first-order valence-electron chi connectivity index (χ1n) is 7.88. The third-order valence-corrected chi connectivity index (χ3v) is 5.32. The number of carbonyl (C=O) groups is 1. The van der Waals surface area contributed by atoms with E-state index in [2.05, 4.69) is 25.6 Å². The van der Waals surface area contributed by atoms with Crippen molar-refractivity contribution in [2.24, 2.45) is 0 Å². The van der Waals surface area contributed by atoms with E-state index < -0.39 is 39.0 Å². The number of pyridine rings is 1. The van der Waals surface area contributed by atoms with E-state index in [-0.39, 0.29) is 12.1 Å². The molecule has 2 atom stereocenters. The van der Waals surface area contributed by atoms with Crippen LogP contribution in [0.4, 0.5) is 4.39 Å². The van der Waals surface area contributed by atoms with E-state index in [0.717, 1.165) is 0 Å². The zero-order valence-electron chi connectivity index (χ0n) is 15.7. The fourth-order valence-corrected chi connectivity index (χ4v) is 3.19. The topological polar surface area (TPSA) is 74.3 Å². The van der Waals surface area contributed by atoms with Gasteiger partial charge < -0.3 is 9.29 Å². The molecule has 1 heterocycles. The second-order valence-electron chi connectivity index (χ2n) is 8.04. The Hall–Kier alpha value is -0.700. The average Bonchev–Trinajstić information content (AvgIpc) is 2.37. The molecule has 0 bridgehead atoms. The number of carbonyl (C=O) groups excluding carboxylic acids is 1. The molecule has 0 aliphatic carbocycles. The van der Waals surface area contributed by atoms with E-state index in [1.54, 1.807) is 48.5 Å². The number of hydrogen-bond donors (Lipinski definition) is 1. The molecule has 0 aliphatic rings. The van der Waals surface area contributed by atoms with Crippen molar-refractivity contribution in [2.45, 2.75) is 70.8 Å². The van der Waals surface area contributed by atoms with Crippen LogP contribution in [0, 0.1) is 5.82 Å². The van der Waals surface area contributed by atoms with E-state index in [1.165, 1.54) is 12.1 Å². The highest BCUT2D eigenvalue weighted by Gasteiger charge is 2.42. The highest BCUT2D eigenvalue weighted by atomic mass is 79.9. The van der Waals surface area contributed by atoms with Gasteiger partial charge in [0.2, 0.25) is 0 Å². The first-order chi connectivity index (χ1) is 11.1. The zero-order chi connectivity index (χ0) is 19.6. The number of hydrogen-bond acceptors (Lipinski definition) is 5. The summed E-state index contributed by atoms with van der Waals surface area (Å²) in [6, 6.07) is 2.72. The van der Waals surface area contributed by atoms with E-state index in [1.807, 2.05) is 0 Å². The smallest absolute Gasteiger partial charge is 0.308 e. The predicted molar refractivity (Wildman–Crippen MR) is 101 cm³/mol. The highest BCUT2D eigenvalue weighted by Crippen LogP contribution is 2.31. The maximum Gasteiger partial charge on any atom is 0.308 e. The third kappa shape index (κ3) is 6.84. The lowest BCUT2D eigenvalue weighted by atomic mass is 9.93. The van der Waals surface area contributed by atoms with Crippen LogP contribution in [0.2, 0.25) is 0 Å². The Morgan fingerprint density at radius 1 is 1.28 bits per heavy atom. The Bertz CT molecular complexity index is 631. The molecule has 1 aromatic rings. The fraction of sp³-hybridized carbons (Fsp3) is 0.647. The second kappa shape index (κ2) is 7.90. The zero-order valence-corrected chi connectivity index (χ0v) is 18.1. The molecule has 142 valence electrons. The van der Waals surface area contributed by atoms with Gasteiger partial charge in [0.05, 0.1) is 6.42 Å². The molecule has 1 aromatic heterocycles. The van der Waals surface area contributed by atoms with Crippen molar-refractivity contribution < 1.29 is 18.5 Å². The van der Waals surface area contributed by atoms with E-state index in [0.29, 0.717) is 4.60 Å². The minimum atomic E-state index is -1.54. The van der Waals surface area contributed by atoms with Gasteiger partial charge in [-0.05, 0) is 76.5 Å². The summed E-state index contributed by atoms with van der Waals surface area (Å²) < 4.78 is 35.1. The Kier molecular flexibility index (Phi) is 7.06. The summed E-state index contributed by atoms with van der Waals surface area (Å²) in [5, 5.41) is 0. The Balaban J connectivity index is 3.26. The summed E-state index contributed by atoms with van der Waals surface area (Å²) in [6.07, 6.45) is -0.216. The lowest BCUT2D eigenvalue weighted by Gasteiger charge is -2.34. The molecule has 0 saturated carbocycles. The van der Waals surface area contributed by atoms with Gasteiger partial charge in [0.15, 0.2) is 0 Å². The van der Waals surface area contributed by atoms with Crippen LogP contribution in [-0.2, 0) is 26.4 Å². The first kappa shape index (κ1) is 22.3. The highest BCUT2D eigenvalue weighted by molar-refractivity contribution is 9.10. The minimum absolute atomic E-state index is 0.00494. The molecule has 8 heteroatoms. The van der Waals surface area contributed by atoms with Crippen LogP contribution in [0.25, 0.3) is 0 Å². The SMILES string of the molecule is CC(C)(C)OC(=O)C[C@](C)(N[S+]([O-])C(C)(C)C)c1nc(Br)ccc1F. The quantitative estimate of drug-likeness (QED) is 0.429. The van der Waals surface area contributed by atoms with Gasteiger partial charge in [-0.15, -0.1) is 4.72 Å². The van der Waals surface area contributed by atoms with Crippen molar-refractivity contribution >= 4 is 33.3 Å². The van der Waals surface area contributed by atoms with Gasteiger partial charge in [0.25, 0.3) is 0 Å². The van der Waals surface area contributed by atoms with E-state index in [4.69, 9.17) is 4.74 Å². The van der Waals surface area contributed by atoms with Gasteiger partial charge in [-0.25, -0.2) is 9.37 Å². The van der Waals surface area contributed by atoms with Crippen molar-refractivity contribution in [1.82, 2.24) is 9.71 Å². The normalized spacial score (nSPS) is 16.2. The molecule has 5 nitrogen and oxygen atoms in total. The molecule has 0 radical (unpaired) electrons. The predicted octanol–water partition coefficient (Wildman–Crippen LogP) is 3.98. The van der Waals surface area contributed by atoms with E-state index in [9.17, 15) is 13.7 Å². The number of nitrogens with one attached hydrogen (secondary N) is 1. The summed E-state index contributed by atoms with van der Waals surface area (Å²) in [5.41, 5.74) is -1.97. The maximum absolute atomic E-state index is 14.4. The van der Waals surface area contributed by atoms with Crippen molar-refractivity contribution in [3.05, 3.63) is 28.2 Å². The lowest BCUT2D eigenvalue weighted by molar-refractivity contribution is -0.156. The number of esters is 1. The van der Waals surface area contributed by atoms with E-state index >= 15 is 0 Å². The van der Waals surface area contributed by atoms with Crippen molar-refractivity contribution in [1.29, 1.82) is 0 Å². The first-order valence-corrected chi connectivity index (χ1v) is 9.82. The molecular formula is C17H26BrFN2O3S. The molecular weight excluding hydrogens is 411 g/mol. The summed E-state index contributed by atoms with van der Waals surface area (Å²) in [6.45, 7) is 12.2. The number of nitrogens with zero attached hydrogens (tertiary/aromatic N) is 1. The molecule has 0 saturated heterocycles. The van der Waals surface area contributed by atoms with Crippen LogP contribution in [0.3, 0.4) is 0 Å². The van der Waals surface area contributed by atoms with Crippen LogP contribution < -0.4 is 4.72 Å². The molecule has 1 rings (SSSR count). The van der Waals surface area contributed by atoms with Crippen LogP contribution in [-0.4, -0.2) is 25.9 Å². The van der Waals surface area contributed by atoms with Gasteiger partial charge in [-0.2, -0.15) is 0 Å². The Labute approximate surface area is 160 Å². The van der Waals surface area contributed by atoms with Gasteiger partial charge in [0.1, 0.15) is 32.0 Å². The Morgan fingerprint density at radius 3 is 2.32 bits per heavy atom. The summed E-state index contributed by atoms with van der Waals surface area (Å²) in [4.78, 5) is 16.5. The summed E-state index contributed by atoms with van der Waals surface area (Å²) in [7, 11) is 0. The minimum Gasteiger partial charge on any atom is -0.598 e. The standard InChI is InChI=1S/C17H26BrFN2O3S/c1-15(2,3)24-13(22)10-17(7,21-25(23)16(4,5)6)14-11(19)8-9-12(18)20-14/h8-9,21H,10H2,1-7H3/t17-,25?/m0/s1. The summed E-state index contributed by atoms with van der Waals surface area (Å²) in [5.74, 6) is -1.12. The molecule has 1 N–H and O–H groups in total. The van der Waals surface area contributed by atoms with Gasteiger partial charge in [-0.3, -0.25) is 4.79 Å². The number of rotatable bonds is 5. The van der Waals surface area contributed by atoms with Crippen molar-refractivity contribution in [3.63, 3.8) is 0 Å². The van der Waals surface area contributed by atoms with Gasteiger partial charge >= 0.3 is 5.97 Å². The van der Waals surface area contributed by atoms with Crippen molar-refractivity contribution in [3.8, 4) is 0 Å². The largest absolute Gasteiger partial charge is 0.598 e. The Morgan fingerprint density at radius 2 is 1.84 bits per heavy atom. The number of halogens is 2. The van der Waals surface area contributed by atoms with Crippen LogP contribution in [0.5, 0.6) is 0 Å². The monoisotopic (exact) mass is 436 g/mol. The third-order valence-electron chi connectivity index (χ3n) is 3.13. The number of ether oxygens (including phenoxy) is 1. The van der Waals surface area contributed by atoms with Crippen LogP contribution >= 0.6 is 15.9 Å². The average molecular weight is 437 g/mol. The van der Waals surface area contributed by atoms with Gasteiger partial charge in [0, 0.05) is 11.4 Å². The number of aromatic nitrogens is 1. The van der Waals surface area contributed by atoms with Crippen molar-refractivity contribution in [2.75, 3.05) is 0 Å². The molecule has 25 heavy (non-hydrogen) atoms. The van der Waals surface area contributed by atoms with Crippen LogP contribution in [0.1, 0.15) is 60.6 Å². The molecule has 0 spiro atoms. The fourth-order valence-electron chi connectivity index (χ4n) is 2.00. The molecule has 1 unspecified atom stereocenters. The molecule has 0 fully saturated rings.